The standard InChI is InChI=1S/C25H35N7O2/c1-4-21(33)31-14-12-30(13-15-31)10-6-5-7-11-32-25-22(24(26)27-17-28-25)23(29-32)20-16-19(34-3)9-8-18(20)2/h8-9,16-17H,4-7,10-15H2,1-3H3,(H2,26,27,28). The number of piperazine rings is 1. The van der Waals surface area contributed by atoms with Crippen LogP contribution in [0.2, 0.25) is 0 Å². The average molecular weight is 466 g/mol. The first kappa shape index (κ1) is 23.9. The lowest BCUT2D eigenvalue weighted by Crippen LogP contribution is -2.48. The zero-order chi connectivity index (χ0) is 24.1. The molecule has 0 bridgehead atoms. The van der Waals surface area contributed by atoms with Crippen LogP contribution in [0.4, 0.5) is 5.82 Å². The summed E-state index contributed by atoms with van der Waals surface area (Å²) in [5.74, 6) is 1.48. The van der Waals surface area contributed by atoms with Gasteiger partial charge >= 0.3 is 0 Å². The molecule has 0 unspecified atom stereocenters. The van der Waals surface area contributed by atoms with Crippen LogP contribution >= 0.6 is 0 Å². The molecular weight excluding hydrogens is 430 g/mol. The van der Waals surface area contributed by atoms with E-state index in [0.717, 1.165) is 92.1 Å². The molecule has 34 heavy (non-hydrogen) atoms. The Kier molecular flexibility index (Phi) is 7.62. The minimum atomic E-state index is 0.263. The second-order valence-corrected chi connectivity index (χ2v) is 8.85. The van der Waals surface area contributed by atoms with Gasteiger partial charge in [-0.25, -0.2) is 14.6 Å². The van der Waals surface area contributed by atoms with E-state index in [0.29, 0.717) is 12.2 Å². The zero-order valence-corrected chi connectivity index (χ0v) is 20.5. The van der Waals surface area contributed by atoms with Gasteiger partial charge in [0.15, 0.2) is 5.65 Å². The zero-order valence-electron chi connectivity index (χ0n) is 20.5. The van der Waals surface area contributed by atoms with Gasteiger partial charge in [0.25, 0.3) is 0 Å². The molecular formula is C25H35N7O2. The first-order valence-electron chi connectivity index (χ1n) is 12.1. The van der Waals surface area contributed by atoms with Crippen LogP contribution in [-0.4, -0.2) is 75.3 Å². The van der Waals surface area contributed by atoms with Crippen LogP contribution in [-0.2, 0) is 11.3 Å². The minimum absolute atomic E-state index is 0.263. The van der Waals surface area contributed by atoms with Crippen molar-refractivity contribution in [1.29, 1.82) is 0 Å². The van der Waals surface area contributed by atoms with Gasteiger partial charge in [-0.15, -0.1) is 0 Å². The van der Waals surface area contributed by atoms with E-state index in [2.05, 4.69) is 21.8 Å². The number of nitrogens with zero attached hydrogens (tertiary/aromatic N) is 6. The maximum Gasteiger partial charge on any atom is 0.222 e. The molecule has 0 saturated carbocycles. The van der Waals surface area contributed by atoms with Gasteiger partial charge in [-0.05, 0) is 44.0 Å². The van der Waals surface area contributed by atoms with Crippen LogP contribution in [0.5, 0.6) is 5.75 Å². The van der Waals surface area contributed by atoms with Crippen molar-refractivity contribution in [3.05, 3.63) is 30.1 Å². The first-order valence-corrected chi connectivity index (χ1v) is 12.1. The maximum atomic E-state index is 11.8. The molecule has 9 heteroatoms. The molecule has 182 valence electrons. The Morgan fingerprint density at radius 1 is 1.09 bits per heavy atom. The molecule has 2 aromatic heterocycles. The average Bonchev–Trinajstić information content (AvgIpc) is 3.23. The molecule has 9 nitrogen and oxygen atoms in total. The molecule has 0 radical (unpaired) electrons. The van der Waals surface area contributed by atoms with Crippen molar-refractivity contribution in [2.45, 2.75) is 46.1 Å². The smallest absolute Gasteiger partial charge is 0.222 e. The number of carbonyl (C=O) groups excluding carboxylic acids is 1. The predicted molar refractivity (Wildman–Crippen MR) is 134 cm³/mol. The molecule has 1 amide bonds. The number of nitrogens with two attached hydrogens (primary N) is 1. The molecule has 1 saturated heterocycles. The number of methoxy groups -OCH3 is 1. The van der Waals surface area contributed by atoms with E-state index in [1.165, 1.54) is 6.33 Å². The van der Waals surface area contributed by atoms with E-state index < -0.39 is 0 Å². The van der Waals surface area contributed by atoms with Gasteiger partial charge in [-0.3, -0.25) is 9.69 Å². The van der Waals surface area contributed by atoms with Crippen LogP contribution < -0.4 is 10.5 Å². The predicted octanol–water partition coefficient (Wildman–Crippen LogP) is 3.12. The Balaban J connectivity index is 1.38. The van der Waals surface area contributed by atoms with Crippen molar-refractivity contribution >= 4 is 22.8 Å². The summed E-state index contributed by atoms with van der Waals surface area (Å²) < 4.78 is 7.38. The summed E-state index contributed by atoms with van der Waals surface area (Å²) >= 11 is 0. The second kappa shape index (κ2) is 10.8. The highest BCUT2D eigenvalue weighted by Gasteiger charge is 2.20. The minimum Gasteiger partial charge on any atom is -0.497 e. The fourth-order valence-corrected chi connectivity index (χ4v) is 4.58. The van der Waals surface area contributed by atoms with Crippen LogP contribution in [0.3, 0.4) is 0 Å². The number of ether oxygens (including phenoxy) is 1. The van der Waals surface area contributed by atoms with Crippen molar-refractivity contribution in [3.63, 3.8) is 0 Å². The fourth-order valence-electron chi connectivity index (χ4n) is 4.58. The number of aryl methyl sites for hydroxylation is 2. The molecule has 1 aromatic carbocycles. The van der Waals surface area contributed by atoms with Gasteiger partial charge in [0.1, 0.15) is 23.6 Å². The topological polar surface area (TPSA) is 102 Å². The number of benzene rings is 1. The van der Waals surface area contributed by atoms with Crippen molar-refractivity contribution < 1.29 is 9.53 Å². The fraction of sp³-hybridized carbons (Fsp3) is 0.520. The summed E-state index contributed by atoms with van der Waals surface area (Å²) in [6.07, 6.45) is 5.33. The van der Waals surface area contributed by atoms with Crippen LogP contribution in [0.15, 0.2) is 24.5 Å². The normalized spacial score (nSPS) is 14.6. The Labute approximate surface area is 200 Å². The molecule has 0 atom stereocenters. The number of nitrogen functional groups attached to an aromatic ring is 1. The number of aromatic nitrogens is 4. The second-order valence-electron chi connectivity index (χ2n) is 8.85. The Hall–Kier alpha value is -3.20. The molecule has 2 N–H and O–H groups in total. The van der Waals surface area contributed by atoms with Crippen LogP contribution in [0, 0.1) is 6.92 Å². The number of carbonyl (C=O) groups is 1. The molecule has 1 aliphatic rings. The lowest BCUT2D eigenvalue weighted by atomic mass is 10.0. The highest BCUT2D eigenvalue weighted by atomic mass is 16.5. The number of anilines is 1. The molecule has 3 heterocycles. The summed E-state index contributed by atoms with van der Waals surface area (Å²) in [6, 6.07) is 5.96. The third-order valence-electron chi connectivity index (χ3n) is 6.63. The molecule has 3 aromatic rings. The number of hydrogen-bond acceptors (Lipinski definition) is 7. The van der Waals surface area contributed by atoms with Gasteiger partial charge in [0.05, 0.1) is 12.5 Å². The van der Waals surface area contributed by atoms with Gasteiger partial charge in [-0.1, -0.05) is 19.4 Å². The molecule has 1 aliphatic heterocycles. The largest absolute Gasteiger partial charge is 0.497 e. The van der Waals surface area contributed by atoms with Gasteiger partial charge in [0, 0.05) is 44.7 Å². The third-order valence-corrected chi connectivity index (χ3v) is 6.63. The summed E-state index contributed by atoms with van der Waals surface area (Å²) in [6.45, 7) is 9.45. The lowest BCUT2D eigenvalue weighted by Gasteiger charge is -2.34. The maximum absolute atomic E-state index is 11.8. The van der Waals surface area contributed by atoms with Crippen LogP contribution in [0.1, 0.15) is 38.2 Å². The Morgan fingerprint density at radius 2 is 1.85 bits per heavy atom. The number of hydrogen-bond donors (Lipinski definition) is 1. The Bertz CT molecular complexity index is 1140. The lowest BCUT2D eigenvalue weighted by molar-refractivity contribution is -0.132. The number of amides is 1. The quantitative estimate of drug-likeness (QED) is 0.484. The van der Waals surface area contributed by atoms with E-state index in [-0.39, 0.29) is 5.91 Å². The monoisotopic (exact) mass is 465 g/mol. The molecule has 1 fully saturated rings. The van der Waals surface area contributed by atoms with Gasteiger partial charge in [-0.2, -0.15) is 5.10 Å². The van der Waals surface area contributed by atoms with Crippen LogP contribution in [0.25, 0.3) is 22.3 Å². The summed E-state index contributed by atoms with van der Waals surface area (Å²) in [4.78, 5) is 25.0. The summed E-state index contributed by atoms with van der Waals surface area (Å²) in [7, 11) is 1.66. The van der Waals surface area contributed by atoms with E-state index in [4.69, 9.17) is 15.6 Å². The van der Waals surface area contributed by atoms with E-state index in [1.54, 1.807) is 7.11 Å². The van der Waals surface area contributed by atoms with Gasteiger partial charge < -0.3 is 15.4 Å². The highest BCUT2D eigenvalue weighted by molar-refractivity contribution is 5.99. The summed E-state index contributed by atoms with van der Waals surface area (Å²) in [5, 5.41) is 5.70. The third kappa shape index (κ3) is 5.14. The molecule has 0 aliphatic carbocycles. The van der Waals surface area contributed by atoms with Crippen molar-refractivity contribution in [2.24, 2.45) is 0 Å². The van der Waals surface area contributed by atoms with E-state index >= 15 is 0 Å². The van der Waals surface area contributed by atoms with Crippen molar-refractivity contribution in [1.82, 2.24) is 29.5 Å². The number of unbranched alkanes of at least 4 members (excludes halogenated alkanes) is 2. The van der Waals surface area contributed by atoms with Gasteiger partial charge in [0.2, 0.25) is 5.91 Å². The van der Waals surface area contributed by atoms with Crippen molar-refractivity contribution in [2.75, 3.05) is 45.6 Å². The SMILES string of the molecule is CCC(=O)N1CCN(CCCCCn2nc(-c3cc(OC)ccc3C)c3c(N)ncnc32)CC1. The molecule has 4 rings (SSSR count). The van der Waals surface area contributed by atoms with Crippen molar-refractivity contribution in [3.8, 4) is 17.0 Å². The molecule has 0 spiro atoms. The highest BCUT2D eigenvalue weighted by Crippen LogP contribution is 2.34. The number of rotatable bonds is 9. The van der Waals surface area contributed by atoms with E-state index in [9.17, 15) is 4.79 Å². The number of fused-ring (bicyclic) bond motifs is 1. The summed E-state index contributed by atoms with van der Waals surface area (Å²) in [5.41, 5.74) is 9.89. The van der Waals surface area contributed by atoms with E-state index in [1.807, 2.05) is 34.7 Å². The Morgan fingerprint density at radius 3 is 2.59 bits per heavy atom. The first-order chi connectivity index (χ1) is 16.5.